The standard InChI is InChI=1S/C19H16N2O4S/c1-2-25-17(23)12-7-9-13(10-8-12)21-16(22)11-26-19(21)14-5-3-4-6-15(14)20-18(19)24/h3-10H,2,11H2,1H3,(H,20,24)/t19-/m1/s1. The van der Waals surface area contributed by atoms with Gasteiger partial charge in [-0.05, 0) is 37.3 Å². The zero-order chi connectivity index (χ0) is 18.3. The van der Waals surface area contributed by atoms with Crippen LogP contribution in [0.4, 0.5) is 11.4 Å². The molecule has 1 fully saturated rings. The van der Waals surface area contributed by atoms with E-state index in [9.17, 15) is 14.4 Å². The quantitative estimate of drug-likeness (QED) is 0.843. The average Bonchev–Trinajstić information content (AvgIpc) is 3.14. The van der Waals surface area contributed by atoms with Crippen molar-refractivity contribution < 1.29 is 19.1 Å². The SMILES string of the molecule is CCOC(=O)c1ccc(N2C(=O)CS[C@]23C(=O)Nc2ccccc23)cc1. The lowest BCUT2D eigenvalue weighted by Crippen LogP contribution is -2.47. The van der Waals surface area contributed by atoms with Crippen LogP contribution in [0.3, 0.4) is 0 Å². The monoisotopic (exact) mass is 368 g/mol. The van der Waals surface area contributed by atoms with Crippen molar-refractivity contribution in [2.45, 2.75) is 11.8 Å². The molecule has 0 saturated carbocycles. The van der Waals surface area contributed by atoms with E-state index in [1.807, 2.05) is 24.3 Å². The van der Waals surface area contributed by atoms with Gasteiger partial charge in [0.25, 0.3) is 5.91 Å². The minimum absolute atomic E-state index is 0.147. The summed E-state index contributed by atoms with van der Waals surface area (Å²) >= 11 is 1.31. The van der Waals surface area contributed by atoms with Gasteiger partial charge in [0.15, 0.2) is 0 Å². The first-order valence-corrected chi connectivity index (χ1v) is 9.21. The van der Waals surface area contributed by atoms with Gasteiger partial charge in [-0.2, -0.15) is 0 Å². The van der Waals surface area contributed by atoms with Crippen LogP contribution >= 0.6 is 11.8 Å². The first-order chi connectivity index (χ1) is 12.6. The first-order valence-electron chi connectivity index (χ1n) is 8.23. The molecule has 6 nitrogen and oxygen atoms in total. The number of ether oxygens (including phenoxy) is 1. The average molecular weight is 368 g/mol. The Hall–Kier alpha value is -2.80. The number of hydrogen-bond donors (Lipinski definition) is 1. The molecule has 2 aliphatic heterocycles. The van der Waals surface area contributed by atoms with Crippen molar-refractivity contribution >= 4 is 40.9 Å². The predicted octanol–water partition coefficient (Wildman–Crippen LogP) is 2.75. The summed E-state index contributed by atoms with van der Waals surface area (Å²) in [6, 6.07) is 13.9. The Balaban J connectivity index is 1.77. The Morgan fingerprint density at radius 2 is 1.92 bits per heavy atom. The molecule has 1 saturated heterocycles. The number of thioether (sulfide) groups is 1. The topological polar surface area (TPSA) is 75.7 Å². The Labute approximate surface area is 154 Å². The maximum Gasteiger partial charge on any atom is 0.338 e. The van der Waals surface area contributed by atoms with Gasteiger partial charge in [-0.15, -0.1) is 11.8 Å². The molecule has 26 heavy (non-hydrogen) atoms. The van der Waals surface area contributed by atoms with Crippen molar-refractivity contribution in [3.8, 4) is 0 Å². The third kappa shape index (κ3) is 2.31. The lowest BCUT2D eigenvalue weighted by molar-refractivity contribution is -0.122. The van der Waals surface area contributed by atoms with E-state index < -0.39 is 10.8 Å². The smallest absolute Gasteiger partial charge is 0.338 e. The fourth-order valence-corrected chi connectivity index (χ4v) is 4.65. The van der Waals surface area contributed by atoms with E-state index in [4.69, 9.17) is 4.74 Å². The summed E-state index contributed by atoms with van der Waals surface area (Å²) in [7, 11) is 0. The number of rotatable bonds is 3. The van der Waals surface area contributed by atoms with Gasteiger partial charge in [0.05, 0.1) is 17.9 Å². The van der Waals surface area contributed by atoms with Gasteiger partial charge in [0.2, 0.25) is 10.8 Å². The molecule has 2 aromatic carbocycles. The fourth-order valence-electron chi connectivity index (χ4n) is 3.34. The molecule has 1 atom stereocenters. The van der Waals surface area contributed by atoms with E-state index in [0.717, 1.165) is 5.56 Å². The lowest BCUT2D eigenvalue weighted by atomic mass is 10.0. The van der Waals surface area contributed by atoms with E-state index in [-0.39, 0.29) is 17.6 Å². The molecule has 0 radical (unpaired) electrons. The highest BCUT2D eigenvalue weighted by atomic mass is 32.2. The van der Waals surface area contributed by atoms with E-state index in [1.54, 1.807) is 31.2 Å². The molecule has 7 heteroatoms. The van der Waals surface area contributed by atoms with Crippen molar-refractivity contribution in [2.75, 3.05) is 22.6 Å². The van der Waals surface area contributed by atoms with Crippen molar-refractivity contribution in [1.82, 2.24) is 0 Å². The molecule has 2 aliphatic rings. The van der Waals surface area contributed by atoms with Gasteiger partial charge in [-0.1, -0.05) is 18.2 Å². The molecule has 0 unspecified atom stereocenters. The van der Waals surface area contributed by atoms with Crippen molar-refractivity contribution in [3.63, 3.8) is 0 Å². The third-order valence-corrected chi connectivity index (χ3v) is 5.85. The summed E-state index contributed by atoms with van der Waals surface area (Å²) < 4.78 is 4.98. The van der Waals surface area contributed by atoms with Crippen molar-refractivity contribution in [1.29, 1.82) is 0 Å². The molecule has 1 spiro atoms. The van der Waals surface area contributed by atoms with Crippen LogP contribution in [0.25, 0.3) is 0 Å². The van der Waals surface area contributed by atoms with E-state index in [0.29, 0.717) is 23.5 Å². The normalized spacial score (nSPS) is 21.0. The summed E-state index contributed by atoms with van der Waals surface area (Å²) in [5.41, 5.74) is 2.46. The zero-order valence-electron chi connectivity index (χ0n) is 14.0. The number of anilines is 2. The highest BCUT2D eigenvalue weighted by molar-refractivity contribution is 8.02. The van der Waals surface area contributed by atoms with Crippen LogP contribution in [0.1, 0.15) is 22.8 Å². The number of benzene rings is 2. The second-order valence-electron chi connectivity index (χ2n) is 5.93. The number of carbonyl (C=O) groups is 3. The fraction of sp³-hybridized carbons (Fsp3) is 0.211. The van der Waals surface area contributed by atoms with Crippen molar-refractivity contribution in [3.05, 3.63) is 59.7 Å². The van der Waals surface area contributed by atoms with Crippen LogP contribution in [-0.2, 0) is 19.2 Å². The summed E-state index contributed by atoms with van der Waals surface area (Å²) in [6.07, 6.45) is 0. The molecule has 2 amide bonds. The summed E-state index contributed by atoms with van der Waals surface area (Å²) in [6.45, 7) is 2.04. The largest absolute Gasteiger partial charge is 0.462 e. The predicted molar refractivity (Wildman–Crippen MR) is 99.1 cm³/mol. The van der Waals surface area contributed by atoms with Gasteiger partial charge in [-0.25, -0.2) is 4.79 Å². The van der Waals surface area contributed by atoms with Gasteiger partial charge in [0, 0.05) is 16.9 Å². The molecule has 1 N–H and O–H groups in total. The highest BCUT2D eigenvalue weighted by Crippen LogP contribution is 2.53. The second-order valence-corrected chi connectivity index (χ2v) is 7.10. The number of para-hydroxylation sites is 1. The number of nitrogens with one attached hydrogen (secondary N) is 1. The Morgan fingerprint density at radius 3 is 2.65 bits per heavy atom. The Bertz CT molecular complexity index is 912. The molecular weight excluding hydrogens is 352 g/mol. The molecule has 2 aromatic rings. The summed E-state index contributed by atoms with van der Waals surface area (Å²) in [5, 5.41) is 2.87. The third-order valence-electron chi connectivity index (χ3n) is 4.45. The number of amides is 2. The molecular formula is C19H16N2O4S. The Morgan fingerprint density at radius 1 is 1.19 bits per heavy atom. The second kappa shape index (κ2) is 6.17. The number of hydrogen-bond acceptors (Lipinski definition) is 5. The van der Waals surface area contributed by atoms with E-state index in [1.165, 1.54) is 16.7 Å². The Kier molecular flexibility index (Phi) is 3.96. The minimum atomic E-state index is -1.11. The van der Waals surface area contributed by atoms with E-state index >= 15 is 0 Å². The number of fused-ring (bicyclic) bond motifs is 2. The van der Waals surface area contributed by atoms with Crippen molar-refractivity contribution in [2.24, 2.45) is 0 Å². The maximum absolute atomic E-state index is 12.8. The van der Waals surface area contributed by atoms with Gasteiger partial charge in [0.1, 0.15) is 0 Å². The first kappa shape index (κ1) is 16.7. The maximum atomic E-state index is 12.8. The minimum Gasteiger partial charge on any atom is -0.462 e. The van der Waals surface area contributed by atoms with Gasteiger partial charge < -0.3 is 10.1 Å². The van der Waals surface area contributed by atoms with E-state index in [2.05, 4.69) is 5.32 Å². The zero-order valence-corrected chi connectivity index (χ0v) is 14.8. The summed E-state index contributed by atoms with van der Waals surface area (Å²) in [4.78, 5) is 37.7. The van der Waals surface area contributed by atoms with Crippen LogP contribution in [0, 0.1) is 0 Å². The van der Waals surface area contributed by atoms with Gasteiger partial charge in [-0.3, -0.25) is 14.5 Å². The molecule has 132 valence electrons. The molecule has 0 bridgehead atoms. The highest BCUT2D eigenvalue weighted by Gasteiger charge is 2.58. The van der Waals surface area contributed by atoms with Crippen LogP contribution in [0.2, 0.25) is 0 Å². The summed E-state index contributed by atoms with van der Waals surface area (Å²) in [5.74, 6) is -0.587. The lowest BCUT2D eigenvalue weighted by Gasteiger charge is -2.32. The molecule has 4 rings (SSSR count). The number of nitrogens with zero attached hydrogens (tertiary/aromatic N) is 1. The molecule has 0 aliphatic carbocycles. The number of carbonyl (C=O) groups excluding carboxylic acids is 3. The van der Waals surface area contributed by atoms with Crippen LogP contribution in [0.5, 0.6) is 0 Å². The molecule has 2 heterocycles. The van der Waals surface area contributed by atoms with Crippen LogP contribution < -0.4 is 10.2 Å². The van der Waals surface area contributed by atoms with Crippen LogP contribution in [-0.4, -0.2) is 30.1 Å². The molecule has 0 aromatic heterocycles. The number of esters is 1. The van der Waals surface area contributed by atoms with Crippen LogP contribution in [0.15, 0.2) is 48.5 Å². The van der Waals surface area contributed by atoms with Gasteiger partial charge >= 0.3 is 5.97 Å².